The van der Waals surface area contributed by atoms with Crippen LogP contribution in [0, 0.1) is 0 Å². The fourth-order valence-electron chi connectivity index (χ4n) is 3.71. The summed E-state index contributed by atoms with van der Waals surface area (Å²) in [5.41, 5.74) is 2.46. The molecule has 0 fully saturated rings. The molecule has 0 saturated carbocycles. The molecule has 7 heteroatoms. The van der Waals surface area contributed by atoms with Crippen molar-refractivity contribution in [3.63, 3.8) is 0 Å². The Hall–Kier alpha value is -3.61. The third-order valence-electron chi connectivity index (χ3n) is 4.99. The van der Waals surface area contributed by atoms with E-state index in [-0.39, 0.29) is 16.9 Å². The molecular formula is C23H22N2O5. The van der Waals surface area contributed by atoms with Crippen molar-refractivity contribution in [2.75, 3.05) is 14.2 Å². The largest absolute Gasteiger partial charge is 0.487 e. The molecule has 7 nitrogen and oxygen atoms in total. The first-order chi connectivity index (χ1) is 14.3. The van der Waals surface area contributed by atoms with Crippen LogP contribution >= 0.6 is 0 Å². The van der Waals surface area contributed by atoms with Crippen LogP contribution in [0.5, 0.6) is 5.75 Å². The summed E-state index contributed by atoms with van der Waals surface area (Å²) in [6.45, 7) is 4.04. The highest BCUT2D eigenvalue weighted by atomic mass is 16.5. The van der Waals surface area contributed by atoms with Gasteiger partial charge in [-0.25, -0.2) is 14.3 Å². The lowest BCUT2D eigenvalue weighted by molar-refractivity contribution is 0.0549. The average Bonchev–Trinajstić information content (AvgIpc) is 3.29. The Kier molecular flexibility index (Phi) is 4.81. The van der Waals surface area contributed by atoms with Crippen molar-refractivity contribution in [2.24, 2.45) is 0 Å². The van der Waals surface area contributed by atoms with Gasteiger partial charge in [-0.2, -0.15) is 5.10 Å². The molecule has 154 valence electrons. The summed E-state index contributed by atoms with van der Waals surface area (Å²) < 4.78 is 17.3. The number of fused-ring (bicyclic) bond motifs is 1. The normalized spacial score (nSPS) is 14.0. The molecule has 2 heterocycles. The van der Waals surface area contributed by atoms with E-state index in [0.717, 1.165) is 17.7 Å². The average molecular weight is 406 g/mol. The molecule has 0 saturated heterocycles. The van der Waals surface area contributed by atoms with Crippen LogP contribution in [0.3, 0.4) is 0 Å². The molecule has 0 radical (unpaired) electrons. The molecule has 30 heavy (non-hydrogen) atoms. The second-order valence-electron chi connectivity index (χ2n) is 7.66. The van der Waals surface area contributed by atoms with Crippen molar-refractivity contribution in [1.29, 1.82) is 0 Å². The first kappa shape index (κ1) is 19.7. The lowest BCUT2D eigenvalue weighted by Crippen LogP contribution is -2.24. The van der Waals surface area contributed by atoms with Gasteiger partial charge in [-0.15, -0.1) is 0 Å². The number of benzene rings is 2. The van der Waals surface area contributed by atoms with E-state index in [0.29, 0.717) is 16.9 Å². The Morgan fingerprint density at radius 2 is 1.73 bits per heavy atom. The number of ether oxygens (including phenoxy) is 3. The molecule has 1 aliphatic rings. The van der Waals surface area contributed by atoms with E-state index >= 15 is 0 Å². The molecule has 0 N–H and O–H groups in total. The van der Waals surface area contributed by atoms with Crippen LogP contribution in [0.2, 0.25) is 0 Å². The van der Waals surface area contributed by atoms with E-state index < -0.39 is 11.9 Å². The molecule has 4 rings (SSSR count). The zero-order valence-corrected chi connectivity index (χ0v) is 17.3. The van der Waals surface area contributed by atoms with E-state index in [1.54, 1.807) is 12.1 Å². The van der Waals surface area contributed by atoms with Crippen LogP contribution in [-0.2, 0) is 15.9 Å². The number of para-hydroxylation sites is 1. The molecule has 1 aromatic heterocycles. The van der Waals surface area contributed by atoms with Gasteiger partial charge in [0.05, 0.1) is 19.9 Å². The SMILES string of the molecule is COC(=O)c1c(-c2ccc3c(c2)CC(C)(C)O3)nn(-c2ccccc2)c1C(=O)OC. The highest BCUT2D eigenvalue weighted by molar-refractivity contribution is 6.06. The minimum atomic E-state index is -0.677. The summed E-state index contributed by atoms with van der Waals surface area (Å²) >= 11 is 0. The summed E-state index contributed by atoms with van der Waals surface area (Å²) in [6, 6.07) is 14.7. The maximum absolute atomic E-state index is 12.7. The molecule has 0 aliphatic carbocycles. The number of carbonyl (C=O) groups excluding carboxylic acids is 2. The van der Waals surface area contributed by atoms with Crippen LogP contribution in [0.15, 0.2) is 48.5 Å². The Balaban J connectivity index is 1.96. The lowest BCUT2D eigenvalue weighted by Gasteiger charge is -2.16. The summed E-state index contributed by atoms with van der Waals surface area (Å²) in [5, 5.41) is 4.62. The minimum absolute atomic E-state index is 0.0163. The fraction of sp³-hybridized carbons (Fsp3) is 0.261. The van der Waals surface area contributed by atoms with E-state index in [1.807, 2.05) is 50.2 Å². The van der Waals surface area contributed by atoms with Crippen molar-refractivity contribution >= 4 is 11.9 Å². The van der Waals surface area contributed by atoms with Gasteiger partial charge in [-0.1, -0.05) is 18.2 Å². The maximum Gasteiger partial charge on any atom is 0.357 e. The number of esters is 2. The van der Waals surface area contributed by atoms with Crippen LogP contribution in [0.4, 0.5) is 0 Å². The molecule has 0 spiro atoms. The number of hydrogen-bond donors (Lipinski definition) is 0. The first-order valence-corrected chi connectivity index (χ1v) is 9.52. The molecule has 2 aromatic carbocycles. The number of carbonyl (C=O) groups is 2. The molecule has 0 amide bonds. The molecule has 3 aromatic rings. The molecule has 0 atom stereocenters. The van der Waals surface area contributed by atoms with E-state index in [2.05, 4.69) is 5.10 Å². The van der Waals surface area contributed by atoms with Gasteiger partial charge >= 0.3 is 11.9 Å². The van der Waals surface area contributed by atoms with Gasteiger partial charge in [0.2, 0.25) is 0 Å². The van der Waals surface area contributed by atoms with Gasteiger partial charge < -0.3 is 14.2 Å². The molecular weight excluding hydrogens is 384 g/mol. The summed E-state index contributed by atoms with van der Waals surface area (Å²) in [6.07, 6.45) is 0.729. The Bertz CT molecular complexity index is 1130. The van der Waals surface area contributed by atoms with Crippen molar-refractivity contribution in [1.82, 2.24) is 9.78 Å². The first-order valence-electron chi connectivity index (χ1n) is 9.52. The Morgan fingerprint density at radius 1 is 1.03 bits per heavy atom. The standard InChI is InChI=1S/C23H22N2O5/c1-23(2)13-15-12-14(10-11-17(15)30-23)19-18(21(26)28-3)20(22(27)29-4)25(24-19)16-8-6-5-7-9-16/h5-12H,13H2,1-4H3. The number of nitrogens with zero attached hydrogens (tertiary/aromatic N) is 2. The molecule has 0 unspecified atom stereocenters. The fourth-order valence-corrected chi connectivity index (χ4v) is 3.71. The van der Waals surface area contributed by atoms with Crippen LogP contribution in [-0.4, -0.2) is 41.5 Å². The van der Waals surface area contributed by atoms with Crippen molar-refractivity contribution < 1.29 is 23.8 Å². The quantitative estimate of drug-likeness (QED) is 0.613. The zero-order valence-electron chi connectivity index (χ0n) is 17.3. The highest BCUT2D eigenvalue weighted by Gasteiger charge is 2.33. The van der Waals surface area contributed by atoms with E-state index in [9.17, 15) is 9.59 Å². The number of hydrogen-bond acceptors (Lipinski definition) is 6. The predicted octanol–water partition coefficient (Wildman–Crippen LogP) is 3.83. The second kappa shape index (κ2) is 7.33. The van der Waals surface area contributed by atoms with Gasteiger partial charge in [0.1, 0.15) is 22.6 Å². The van der Waals surface area contributed by atoms with E-state index in [1.165, 1.54) is 18.9 Å². The summed E-state index contributed by atoms with van der Waals surface area (Å²) in [7, 11) is 2.53. The third-order valence-corrected chi connectivity index (χ3v) is 4.99. The van der Waals surface area contributed by atoms with Crippen LogP contribution in [0.25, 0.3) is 16.9 Å². The van der Waals surface area contributed by atoms with Crippen molar-refractivity contribution in [2.45, 2.75) is 25.9 Å². The number of rotatable bonds is 4. The minimum Gasteiger partial charge on any atom is -0.487 e. The van der Waals surface area contributed by atoms with Gasteiger partial charge in [0.25, 0.3) is 0 Å². The third kappa shape index (κ3) is 3.32. The molecule has 1 aliphatic heterocycles. The van der Waals surface area contributed by atoms with E-state index in [4.69, 9.17) is 14.2 Å². The van der Waals surface area contributed by atoms with Crippen molar-refractivity contribution in [3.8, 4) is 22.7 Å². The second-order valence-corrected chi connectivity index (χ2v) is 7.66. The van der Waals surface area contributed by atoms with Crippen LogP contribution in [0.1, 0.15) is 40.3 Å². The predicted molar refractivity (Wildman–Crippen MR) is 110 cm³/mol. The van der Waals surface area contributed by atoms with Gasteiger partial charge in [0, 0.05) is 12.0 Å². The lowest BCUT2D eigenvalue weighted by atomic mass is 9.98. The summed E-state index contributed by atoms with van der Waals surface area (Å²) in [5.74, 6) is -0.535. The number of methoxy groups -OCH3 is 2. The zero-order chi connectivity index (χ0) is 21.5. The Labute approximate surface area is 174 Å². The topological polar surface area (TPSA) is 79.7 Å². The Morgan fingerprint density at radius 3 is 2.40 bits per heavy atom. The smallest absolute Gasteiger partial charge is 0.357 e. The van der Waals surface area contributed by atoms with Gasteiger partial charge in [-0.05, 0) is 49.7 Å². The monoisotopic (exact) mass is 406 g/mol. The van der Waals surface area contributed by atoms with Crippen LogP contribution < -0.4 is 4.74 Å². The van der Waals surface area contributed by atoms with Gasteiger partial charge in [-0.3, -0.25) is 0 Å². The highest BCUT2D eigenvalue weighted by Crippen LogP contribution is 2.38. The van der Waals surface area contributed by atoms with Gasteiger partial charge in [0.15, 0.2) is 5.69 Å². The number of aromatic nitrogens is 2. The van der Waals surface area contributed by atoms with Crippen molar-refractivity contribution in [3.05, 3.63) is 65.4 Å². The maximum atomic E-state index is 12.7. The molecule has 0 bridgehead atoms. The summed E-state index contributed by atoms with van der Waals surface area (Å²) in [4.78, 5) is 25.4.